The second kappa shape index (κ2) is 6.34. The summed E-state index contributed by atoms with van der Waals surface area (Å²) >= 11 is 0. The smallest absolute Gasteiger partial charge is 0.223 e. The average molecular weight is 333 g/mol. The van der Waals surface area contributed by atoms with Crippen LogP contribution in [0.15, 0.2) is 18.2 Å². The molecule has 1 aliphatic carbocycles. The van der Waals surface area contributed by atoms with Gasteiger partial charge in [-0.15, -0.1) is 0 Å². The molecule has 0 radical (unpaired) electrons. The Hall–Kier alpha value is -2.24. The molecule has 3 rings (SSSR count). The SMILES string of the molecule is Cc1n[nH]c(C)c1C[C@H](C)C(=O)N[C@@H]1C[C@H]1c1ccc(F)cc1F. The molecule has 1 aliphatic rings. The summed E-state index contributed by atoms with van der Waals surface area (Å²) in [6.45, 7) is 5.73. The van der Waals surface area contributed by atoms with Gasteiger partial charge in [0.1, 0.15) is 11.6 Å². The second-order valence-electron chi connectivity index (χ2n) is 6.64. The fourth-order valence-electron chi connectivity index (χ4n) is 3.10. The number of aryl methyl sites for hydroxylation is 2. The molecule has 3 atom stereocenters. The number of H-pyrrole nitrogens is 1. The van der Waals surface area contributed by atoms with Gasteiger partial charge in [-0.25, -0.2) is 8.78 Å². The van der Waals surface area contributed by atoms with Gasteiger partial charge in [0.05, 0.1) is 5.69 Å². The van der Waals surface area contributed by atoms with Crippen molar-refractivity contribution >= 4 is 5.91 Å². The molecule has 6 heteroatoms. The molecule has 1 saturated carbocycles. The second-order valence-corrected chi connectivity index (χ2v) is 6.64. The number of carbonyl (C=O) groups excluding carboxylic acids is 1. The maximum atomic E-state index is 13.8. The number of nitrogens with one attached hydrogen (secondary N) is 2. The maximum Gasteiger partial charge on any atom is 0.223 e. The summed E-state index contributed by atoms with van der Waals surface area (Å²) in [5.74, 6) is -1.45. The summed E-state index contributed by atoms with van der Waals surface area (Å²) in [5, 5.41) is 10.0. The van der Waals surface area contributed by atoms with E-state index in [9.17, 15) is 13.6 Å². The molecule has 2 N–H and O–H groups in total. The van der Waals surface area contributed by atoms with Crippen LogP contribution in [0.5, 0.6) is 0 Å². The van der Waals surface area contributed by atoms with Crippen LogP contribution in [0.25, 0.3) is 0 Å². The minimum absolute atomic E-state index is 0.0509. The van der Waals surface area contributed by atoms with E-state index in [1.54, 1.807) is 0 Å². The molecule has 0 bridgehead atoms. The van der Waals surface area contributed by atoms with Crippen LogP contribution in [0.2, 0.25) is 0 Å². The van der Waals surface area contributed by atoms with Crippen LogP contribution in [0.1, 0.15) is 41.8 Å². The van der Waals surface area contributed by atoms with Crippen molar-refractivity contribution in [2.75, 3.05) is 0 Å². The number of nitrogens with zero attached hydrogens (tertiary/aromatic N) is 1. The number of hydrogen-bond acceptors (Lipinski definition) is 2. The van der Waals surface area contributed by atoms with Crippen molar-refractivity contribution in [3.63, 3.8) is 0 Å². The van der Waals surface area contributed by atoms with E-state index in [-0.39, 0.29) is 23.8 Å². The Morgan fingerprint density at radius 1 is 1.42 bits per heavy atom. The minimum Gasteiger partial charge on any atom is -0.352 e. The van der Waals surface area contributed by atoms with Crippen molar-refractivity contribution in [3.8, 4) is 0 Å². The van der Waals surface area contributed by atoms with Crippen LogP contribution >= 0.6 is 0 Å². The van der Waals surface area contributed by atoms with E-state index >= 15 is 0 Å². The Bertz CT molecular complexity index is 752. The highest BCUT2D eigenvalue weighted by Crippen LogP contribution is 2.42. The molecule has 1 amide bonds. The zero-order chi connectivity index (χ0) is 17.4. The third-order valence-corrected chi connectivity index (χ3v) is 4.72. The van der Waals surface area contributed by atoms with Crippen LogP contribution in [-0.2, 0) is 11.2 Å². The lowest BCUT2D eigenvalue weighted by Gasteiger charge is -2.12. The van der Waals surface area contributed by atoms with E-state index in [2.05, 4.69) is 15.5 Å². The molecule has 4 nitrogen and oxygen atoms in total. The topological polar surface area (TPSA) is 57.8 Å². The molecule has 0 saturated heterocycles. The molecule has 0 unspecified atom stereocenters. The quantitative estimate of drug-likeness (QED) is 0.883. The molecule has 2 aromatic rings. The molecule has 1 fully saturated rings. The molecular formula is C18H21F2N3O. The Morgan fingerprint density at radius 2 is 2.17 bits per heavy atom. The van der Waals surface area contributed by atoms with Gasteiger partial charge >= 0.3 is 0 Å². The fraction of sp³-hybridized carbons (Fsp3) is 0.444. The van der Waals surface area contributed by atoms with E-state index in [4.69, 9.17) is 0 Å². The van der Waals surface area contributed by atoms with Crippen LogP contribution in [0, 0.1) is 31.4 Å². The van der Waals surface area contributed by atoms with E-state index < -0.39 is 11.6 Å². The highest BCUT2D eigenvalue weighted by Gasteiger charge is 2.41. The van der Waals surface area contributed by atoms with Gasteiger partial charge in [-0.2, -0.15) is 5.10 Å². The number of hydrogen-bond donors (Lipinski definition) is 2. The van der Waals surface area contributed by atoms with Gasteiger partial charge in [0.2, 0.25) is 5.91 Å². The Kier molecular flexibility index (Phi) is 4.39. The number of amides is 1. The van der Waals surface area contributed by atoms with Crippen molar-refractivity contribution in [2.24, 2.45) is 5.92 Å². The molecular weight excluding hydrogens is 312 g/mol. The highest BCUT2D eigenvalue weighted by atomic mass is 19.1. The normalized spacial score (nSPS) is 20.7. The van der Waals surface area contributed by atoms with E-state index in [1.165, 1.54) is 12.1 Å². The number of halogens is 2. The molecule has 128 valence electrons. The maximum absolute atomic E-state index is 13.8. The summed E-state index contributed by atoms with van der Waals surface area (Å²) in [7, 11) is 0. The monoisotopic (exact) mass is 333 g/mol. The molecule has 1 aromatic carbocycles. The molecule has 1 heterocycles. The lowest BCUT2D eigenvalue weighted by Crippen LogP contribution is -2.32. The first-order valence-corrected chi connectivity index (χ1v) is 8.12. The Balaban J connectivity index is 1.58. The molecule has 1 aromatic heterocycles. The zero-order valence-corrected chi connectivity index (χ0v) is 14.0. The van der Waals surface area contributed by atoms with Crippen LogP contribution in [0.3, 0.4) is 0 Å². The summed E-state index contributed by atoms with van der Waals surface area (Å²) in [4.78, 5) is 12.4. The lowest BCUT2D eigenvalue weighted by atomic mass is 9.99. The van der Waals surface area contributed by atoms with Gasteiger partial charge in [0, 0.05) is 29.6 Å². The van der Waals surface area contributed by atoms with Gasteiger partial charge in [0.25, 0.3) is 0 Å². The van der Waals surface area contributed by atoms with Crippen LogP contribution < -0.4 is 5.32 Å². The summed E-state index contributed by atoms with van der Waals surface area (Å²) in [5.41, 5.74) is 3.42. The Labute approximate surface area is 139 Å². The van der Waals surface area contributed by atoms with Crippen LogP contribution in [-0.4, -0.2) is 22.1 Å². The largest absolute Gasteiger partial charge is 0.352 e. The summed E-state index contributed by atoms with van der Waals surface area (Å²) < 4.78 is 26.8. The summed E-state index contributed by atoms with van der Waals surface area (Å²) in [6, 6.07) is 3.53. The zero-order valence-electron chi connectivity index (χ0n) is 14.0. The van der Waals surface area contributed by atoms with Crippen molar-refractivity contribution < 1.29 is 13.6 Å². The average Bonchev–Trinajstić information content (AvgIpc) is 3.20. The van der Waals surface area contributed by atoms with Gasteiger partial charge < -0.3 is 5.32 Å². The molecule has 0 spiro atoms. The first-order valence-electron chi connectivity index (χ1n) is 8.12. The number of aromatic nitrogens is 2. The van der Waals surface area contributed by atoms with E-state index in [1.807, 2.05) is 20.8 Å². The first kappa shape index (κ1) is 16.6. The summed E-state index contributed by atoms with van der Waals surface area (Å²) in [6.07, 6.45) is 1.30. The van der Waals surface area contributed by atoms with Crippen molar-refractivity contribution in [1.82, 2.24) is 15.5 Å². The standard InChI is InChI=1S/C18H21F2N3O/c1-9(6-14-10(2)22-23-11(14)3)18(24)21-17-8-15(17)13-5-4-12(19)7-16(13)20/h4-5,7,9,15,17H,6,8H2,1-3H3,(H,21,24)(H,22,23)/t9-,15-,17+/m0/s1. The van der Waals surface area contributed by atoms with Crippen molar-refractivity contribution in [3.05, 3.63) is 52.3 Å². The van der Waals surface area contributed by atoms with Crippen molar-refractivity contribution in [2.45, 2.75) is 45.6 Å². The fourth-order valence-corrected chi connectivity index (χ4v) is 3.10. The minimum atomic E-state index is -0.586. The molecule has 0 aliphatic heterocycles. The van der Waals surface area contributed by atoms with Gasteiger partial charge in [-0.3, -0.25) is 9.89 Å². The van der Waals surface area contributed by atoms with Gasteiger partial charge in [-0.1, -0.05) is 13.0 Å². The van der Waals surface area contributed by atoms with Crippen molar-refractivity contribution in [1.29, 1.82) is 0 Å². The Morgan fingerprint density at radius 3 is 2.79 bits per heavy atom. The van der Waals surface area contributed by atoms with E-state index in [0.717, 1.165) is 23.0 Å². The number of rotatable bonds is 5. The highest BCUT2D eigenvalue weighted by molar-refractivity contribution is 5.79. The predicted molar refractivity (Wildman–Crippen MR) is 86.6 cm³/mol. The molecule has 24 heavy (non-hydrogen) atoms. The third-order valence-electron chi connectivity index (χ3n) is 4.72. The number of benzene rings is 1. The number of aromatic amines is 1. The first-order chi connectivity index (χ1) is 11.4. The lowest BCUT2D eigenvalue weighted by molar-refractivity contribution is -0.124. The number of carbonyl (C=O) groups is 1. The third kappa shape index (κ3) is 3.32. The van der Waals surface area contributed by atoms with Crippen LogP contribution in [0.4, 0.5) is 8.78 Å². The van der Waals surface area contributed by atoms with Gasteiger partial charge in [-0.05, 0) is 43.9 Å². The van der Waals surface area contributed by atoms with Gasteiger partial charge in [0.15, 0.2) is 0 Å². The predicted octanol–water partition coefficient (Wildman–Crippen LogP) is 3.16. The van der Waals surface area contributed by atoms with E-state index in [0.29, 0.717) is 18.4 Å².